The predicted octanol–water partition coefficient (Wildman–Crippen LogP) is 8.15. The Morgan fingerprint density at radius 3 is 2.10 bits per heavy atom. The molecule has 0 amide bonds. The first-order chi connectivity index (χ1) is 14.3. The highest BCUT2D eigenvalue weighted by atomic mass is 16.6. The molecular formula is C27H46O3. The lowest BCUT2D eigenvalue weighted by atomic mass is 9.82. The fraction of sp³-hybridized carbons (Fsp3) is 0.741. The van der Waals surface area contributed by atoms with Crippen LogP contribution in [-0.4, -0.2) is 16.7 Å². The minimum atomic E-state index is -0.278. The molecule has 1 aliphatic carbocycles. The second-order valence-electron chi connectivity index (χ2n) is 9.28. The molecule has 1 aromatic carbocycles. The maximum Gasteiger partial charge on any atom is 0.312 e. The van der Waals surface area contributed by atoms with Crippen LogP contribution >= 0.6 is 0 Å². The van der Waals surface area contributed by atoms with E-state index in [9.17, 15) is 4.79 Å². The number of benzene rings is 1. The molecule has 1 saturated carbocycles. The third-order valence-corrected chi connectivity index (χ3v) is 7.04. The predicted molar refractivity (Wildman–Crippen MR) is 127 cm³/mol. The van der Waals surface area contributed by atoms with Gasteiger partial charge in [-0.05, 0) is 88.3 Å². The van der Waals surface area contributed by atoms with Crippen LogP contribution in [0.3, 0.4) is 0 Å². The van der Waals surface area contributed by atoms with Gasteiger partial charge in [-0.3, -0.25) is 4.79 Å². The average Bonchev–Trinajstić information content (AvgIpc) is 3.22. The van der Waals surface area contributed by atoms with Gasteiger partial charge in [-0.25, -0.2) is 0 Å². The first-order valence-electron chi connectivity index (χ1n) is 12.3. The third-order valence-electron chi connectivity index (χ3n) is 7.04. The lowest BCUT2D eigenvalue weighted by Crippen LogP contribution is -2.38. The highest BCUT2D eigenvalue weighted by molar-refractivity contribution is 5.76. The highest BCUT2D eigenvalue weighted by Gasteiger charge is 2.41. The van der Waals surface area contributed by atoms with Gasteiger partial charge in [0.2, 0.25) is 0 Å². The van der Waals surface area contributed by atoms with Gasteiger partial charge in [0.15, 0.2) is 0 Å². The molecule has 1 N–H and O–H groups in total. The van der Waals surface area contributed by atoms with Gasteiger partial charge in [-0.15, -0.1) is 0 Å². The number of carbonyl (C=O) groups is 1. The van der Waals surface area contributed by atoms with Crippen molar-refractivity contribution in [2.45, 2.75) is 124 Å². The van der Waals surface area contributed by atoms with Crippen molar-refractivity contribution in [3.63, 3.8) is 0 Å². The molecule has 1 fully saturated rings. The Bertz CT molecular complexity index is 601. The Balaban J connectivity index is 0.000000311. The average molecular weight is 419 g/mol. The Labute approximate surface area is 185 Å². The van der Waals surface area contributed by atoms with E-state index >= 15 is 0 Å². The summed E-state index contributed by atoms with van der Waals surface area (Å²) in [5.41, 5.74) is 0.933. The molecule has 3 heteroatoms. The van der Waals surface area contributed by atoms with E-state index in [2.05, 4.69) is 41.5 Å². The standard InChI is InChI=1S/C15H28O2.C12H18O/c1-5-10-14(4,6-2)13(16)17-15(7-3)11-8-9-12-15;1-3-5-10(4-2)11-6-8-12(13)9-7-11/h5-12H2,1-4H3;6-10,13H,3-5H2,1-2H3. The lowest BCUT2D eigenvalue weighted by Gasteiger charge is -2.34. The summed E-state index contributed by atoms with van der Waals surface area (Å²) in [6.45, 7) is 12.8. The third kappa shape index (κ3) is 7.63. The summed E-state index contributed by atoms with van der Waals surface area (Å²) in [5, 5.41) is 9.14. The molecule has 0 heterocycles. The van der Waals surface area contributed by atoms with Crippen LogP contribution in [-0.2, 0) is 9.53 Å². The van der Waals surface area contributed by atoms with E-state index < -0.39 is 0 Å². The van der Waals surface area contributed by atoms with E-state index in [1.54, 1.807) is 12.1 Å². The van der Waals surface area contributed by atoms with E-state index in [0.717, 1.165) is 38.5 Å². The topological polar surface area (TPSA) is 46.5 Å². The zero-order valence-electron chi connectivity index (χ0n) is 20.4. The second kappa shape index (κ2) is 13.0. The van der Waals surface area contributed by atoms with Gasteiger partial charge in [0.05, 0.1) is 5.41 Å². The molecule has 1 aromatic rings. The van der Waals surface area contributed by atoms with Gasteiger partial charge in [-0.2, -0.15) is 0 Å². The minimum Gasteiger partial charge on any atom is -0.508 e. The number of rotatable bonds is 10. The van der Waals surface area contributed by atoms with E-state index in [0.29, 0.717) is 11.7 Å². The monoisotopic (exact) mass is 418 g/mol. The largest absolute Gasteiger partial charge is 0.508 e. The van der Waals surface area contributed by atoms with Gasteiger partial charge in [0, 0.05) is 0 Å². The van der Waals surface area contributed by atoms with E-state index in [4.69, 9.17) is 9.84 Å². The number of carbonyl (C=O) groups excluding carboxylic acids is 1. The maximum absolute atomic E-state index is 12.4. The van der Waals surface area contributed by atoms with Crippen LogP contribution in [0.25, 0.3) is 0 Å². The molecule has 0 spiro atoms. The number of aromatic hydroxyl groups is 1. The maximum atomic E-state index is 12.4. The summed E-state index contributed by atoms with van der Waals surface area (Å²) in [6, 6.07) is 7.60. The molecule has 0 saturated heterocycles. The van der Waals surface area contributed by atoms with Gasteiger partial charge in [0.25, 0.3) is 0 Å². The number of phenolic OH excluding ortho intramolecular Hbond substituents is 1. The Hall–Kier alpha value is -1.51. The van der Waals surface area contributed by atoms with Crippen LogP contribution in [0.15, 0.2) is 24.3 Å². The van der Waals surface area contributed by atoms with E-state index in [1.165, 1.54) is 37.7 Å². The van der Waals surface area contributed by atoms with Crippen LogP contribution < -0.4 is 0 Å². The van der Waals surface area contributed by atoms with Gasteiger partial charge < -0.3 is 9.84 Å². The highest BCUT2D eigenvalue weighted by Crippen LogP contribution is 2.39. The Kier molecular flexibility index (Phi) is 11.5. The Morgan fingerprint density at radius 2 is 1.67 bits per heavy atom. The molecule has 0 bridgehead atoms. The van der Waals surface area contributed by atoms with Crippen LogP contribution in [0.1, 0.15) is 124 Å². The fourth-order valence-corrected chi connectivity index (χ4v) is 4.54. The quantitative estimate of drug-likeness (QED) is 0.390. The zero-order chi connectivity index (χ0) is 22.6. The summed E-state index contributed by atoms with van der Waals surface area (Å²) in [6.07, 6.45) is 12.0. The number of hydrogen-bond acceptors (Lipinski definition) is 3. The van der Waals surface area contributed by atoms with Crippen LogP contribution in [0, 0.1) is 5.41 Å². The van der Waals surface area contributed by atoms with Gasteiger partial charge in [0.1, 0.15) is 11.4 Å². The first-order valence-corrected chi connectivity index (χ1v) is 12.3. The molecule has 0 aromatic heterocycles. The summed E-state index contributed by atoms with van der Waals surface area (Å²) >= 11 is 0. The molecule has 1 aliphatic rings. The van der Waals surface area contributed by atoms with Gasteiger partial charge >= 0.3 is 5.97 Å². The van der Waals surface area contributed by atoms with Crippen molar-refractivity contribution in [2.75, 3.05) is 0 Å². The molecule has 2 unspecified atom stereocenters. The summed E-state index contributed by atoms with van der Waals surface area (Å²) < 4.78 is 5.92. The summed E-state index contributed by atoms with van der Waals surface area (Å²) in [4.78, 5) is 12.4. The molecule has 30 heavy (non-hydrogen) atoms. The van der Waals surface area contributed by atoms with Crippen molar-refractivity contribution in [1.82, 2.24) is 0 Å². The molecule has 0 aliphatic heterocycles. The Morgan fingerprint density at radius 1 is 1.07 bits per heavy atom. The van der Waals surface area contributed by atoms with Crippen molar-refractivity contribution < 1.29 is 14.6 Å². The normalized spacial score (nSPS) is 18.1. The number of phenols is 1. The van der Waals surface area contributed by atoms with Crippen LogP contribution in [0.5, 0.6) is 5.75 Å². The molecule has 2 rings (SSSR count). The molecular weight excluding hydrogens is 372 g/mol. The molecule has 3 nitrogen and oxygen atoms in total. The van der Waals surface area contributed by atoms with Crippen LogP contribution in [0.4, 0.5) is 0 Å². The number of hydrogen-bond donors (Lipinski definition) is 1. The number of ether oxygens (including phenoxy) is 1. The molecule has 0 radical (unpaired) electrons. The summed E-state index contributed by atoms with van der Waals surface area (Å²) in [5.74, 6) is 1.05. The van der Waals surface area contributed by atoms with Crippen molar-refractivity contribution >= 4 is 5.97 Å². The molecule has 2 atom stereocenters. The minimum absolute atomic E-state index is 0.0330. The first kappa shape index (κ1) is 26.5. The smallest absolute Gasteiger partial charge is 0.312 e. The lowest BCUT2D eigenvalue weighted by molar-refractivity contribution is -0.172. The second-order valence-corrected chi connectivity index (χ2v) is 9.28. The van der Waals surface area contributed by atoms with E-state index in [-0.39, 0.29) is 17.0 Å². The van der Waals surface area contributed by atoms with Crippen molar-refractivity contribution in [3.8, 4) is 5.75 Å². The fourth-order valence-electron chi connectivity index (χ4n) is 4.54. The van der Waals surface area contributed by atoms with Crippen LogP contribution in [0.2, 0.25) is 0 Å². The SMILES string of the molecule is CCCC(C)(CC)C(=O)OC1(CC)CCCC1.CCCC(CC)c1ccc(O)cc1. The van der Waals surface area contributed by atoms with E-state index in [1.807, 2.05) is 12.1 Å². The van der Waals surface area contributed by atoms with Crippen molar-refractivity contribution in [1.29, 1.82) is 0 Å². The zero-order valence-corrected chi connectivity index (χ0v) is 20.4. The molecule has 172 valence electrons. The number of esters is 1. The van der Waals surface area contributed by atoms with Crippen molar-refractivity contribution in [3.05, 3.63) is 29.8 Å². The summed E-state index contributed by atoms with van der Waals surface area (Å²) in [7, 11) is 0. The van der Waals surface area contributed by atoms with Gasteiger partial charge in [-0.1, -0.05) is 59.6 Å². The van der Waals surface area contributed by atoms with Crippen molar-refractivity contribution in [2.24, 2.45) is 5.41 Å².